The van der Waals surface area contributed by atoms with Crippen molar-refractivity contribution >= 4 is 11.8 Å². The number of benzene rings is 2. The highest BCUT2D eigenvalue weighted by Crippen LogP contribution is 2.37. The predicted molar refractivity (Wildman–Crippen MR) is 172 cm³/mol. The van der Waals surface area contributed by atoms with E-state index < -0.39 is 24.4 Å². The summed E-state index contributed by atoms with van der Waals surface area (Å²) >= 11 is 0. The molecule has 0 saturated carbocycles. The Hall–Kier alpha value is -3.97. The molecule has 0 N–H and O–H groups in total. The quantitative estimate of drug-likeness (QED) is 0.159. The lowest BCUT2D eigenvalue weighted by atomic mass is 9.88. The molecule has 2 aromatic carbocycles. The van der Waals surface area contributed by atoms with Crippen LogP contribution in [0.25, 0.3) is 11.3 Å². The molecule has 3 aromatic rings. The highest BCUT2D eigenvalue weighted by Gasteiger charge is 2.33. The van der Waals surface area contributed by atoms with Gasteiger partial charge in [-0.3, -0.25) is 9.69 Å². The molecule has 0 atom stereocenters. The average molecular weight is 690 g/mol. The van der Waals surface area contributed by atoms with E-state index in [-0.39, 0.29) is 41.8 Å². The van der Waals surface area contributed by atoms with Gasteiger partial charge >= 0.3 is 12.1 Å². The van der Waals surface area contributed by atoms with Gasteiger partial charge in [-0.25, -0.2) is 13.8 Å². The Labute approximate surface area is 282 Å². The Bertz CT molecular complexity index is 1600. The Kier molecular flexibility index (Phi) is 10.9. The first-order valence-electron chi connectivity index (χ1n) is 16.7. The summed E-state index contributed by atoms with van der Waals surface area (Å²) in [5, 5.41) is 0. The third kappa shape index (κ3) is 8.80. The van der Waals surface area contributed by atoms with Gasteiger partial charge in [-0.05, 0) is 81.4 Å². The van der Waals surface area contributed by atoms with Gasteiger partial charge < -0.3 is 23.8 Å². The summed E-state index contributed by atoms with van der Waals surface area (Å²) in [6.45, 7) is 3.79. The molecule has 0 radical (unpaired) electrons. The van der Waals surface area contributed by atoms with Crippen molar-refractivity contribution in [3.05, 3.63) is 71.3 Å². The summed E-state index contributed by atoms with van der Waals surface area (Å²) in [6, 6.07) is 12.8. The van der Waals surface area contributed by atoms with E-state index in [1.165, 1.54) is 11.0 Å². The minimum Gasteiger partial charge on any atom is -0.485 e. The lowest BCUT2D eigenvalue weighted by Gasteiger charge is -2.33. The normalized spacial score (nSPS) is 18.3. The van der Waals surface area contributed by atoms with Crippen LogP contribution in [-0.4, -0.2) is 80.7 Å². The van der Waals surface area contributed by atoms with Gasteiger partial charge in [0.1, 0.15) is 30.1 Å². The van der Waals surface area contributed by atoms with Gasteiger partial charge in [0.15, 0.2) is 11.6 Å². The monoisotopic (exact) mass is 689 g/mol. The number of halogens is 5. The summed E-state index contributed by atoms with van der Waals surface area (Å²) in [5.74, 6) is -0.979. The van der Waals surface area contributed by atoms with Crippen LogP contribution in [0.2, 0.25) is 0 Å². The van der Waals surface area contributed by atoms with Crippen LogP contribution in [0.15, 0.2) is 48.5 Å². The number of carbonyl (C=O) groups excluding carboxylic acids is 1. The smallest absolute Gasteiger partial charge is 0.401 e. The highest BCUT2D eigenvalue weighted by molar-refractivity contribution is 5.73. The molecule has 8 nitrogen and oxygen atoms in total. The molecule has 3 aliphatic rings. The van der Waals surface area contributed by atoms with Crippen molar-refractivity contribution in [2.24, 2.45) is 5.92 Å². The Morgan fingerprint density at radius 1 is 0.980 bits per heavy atom. The fourth-order valence-corrected chi connectivity index (χ4v) is 6.59. The topological polar surface area (TPSA) is 73.4 Å². The number of pyridine rings is 1. The molecule has 4 heterocycles. The van der Waals surface area contributed by atoms with E-state index in [1.54, 1.807) is 19.1 Å². The number of hydrogen-bond acceptors (Lipinski definition) is 8. The average Bonchev–Trinajstić information content (AvgIpc) is 3.06. The number of rotatable bonds is 11. The number of carbonyl (C=O) groups is 1. The van der Waals surface area contributed by atoms with Gasteiger partial charge in [0.2, 0.25) is 0 Å². The Balaban J connectivity index is 1.18. The number of aromatic nitrogens is 1. The van der Waals surface area contributed by atoms with Crippen LogP contribution in [-0.2, 0) is 20.9 Å². The van der Waals surface area contributed by atoms with Crippen molar-refractivity contribution in [3.63, 3.8) is 0 Å². The van der Waals surface area contributed by atoms with Gasteiger partial charge in [0.05, 0.1) is 38.0 Å². The molecule has 264 valence electrons. The number of hydrogen-bond donors (Lipinski definition) is 0. The Morgan fingerprint density at radius 3 is 2.41 bits per heavy atom. The molecule has 0 unspecified atom stereocenters. The van der Waals surface area contributed by atoms with Crippen molar-refractivity contribution in [2.45, 2.75) is 57.4 Å². The van der Waals surface area contributed by atoms with Crippen LogP contribution >= 0.6 is 0 Å². The molecule has 13 heteroatoms. The zero-order valence-corrected chi connectivity index (χ0v) is 27.3. The molecule has 49 heavy (non-hydrogen) atoms. The third-order valence-corrected chi connectivity index (χ3v) is 9.28. The second-order valence-corrected chi connectivity index (χ2v) is 12.8. The highest BCUT2D eigenvalue weighted by atomic mass is 19.4. The molecule has 3 saturated heterocycles. The van der Waals surface area contributed by atoms with E-state index in [0.717, 1.165) is 11.6 Å². The number of anilines is 1. The number of piperidine rings is 2. The standard InChI is InChI=1S/C36H40F5N3O5/c1-2-47-35(45)24-10-14-44(15-11-24)33-5-3-4-31(42-33)29-17-27(37)18-30(38)34(29)48-19-26-7-6-25(16-32(26)49-28-20-46-21-28)23-8-12-43(13-9-23)22-36(39,40)41/h3-7,16-18,23-24,28H,2,8-15,19-22H2,1H3. The van der Waals surface area contributed by atoms with Crippen molar-refractivity contribution in [2.75, 3.05) is 57.4 Å². The van der Waals surface area contributed by atoms with Crippen LogP contribution in [0.5, 0.6) is 11.5 Å². The maximum atomic E-state index is 15.4. The van der Waals surface area contributed by atoms with E-state index in [4.69, 9.17) is 23.9 Å². The van der Waals surface area contributed by atoms with Crippen molar-refractivity contribution in [1.82, 2.24) is 9.88 Å². The molecule has 0 spiro atoms. The maximum absolute atomic E-state index is 15.4. The molecule has 0 aliphatic carbocycles. The number of ether oxygens (including phenoxy) is 4. The molecule has 0 bridgehead atoms. The summed E-state index contributed by atoms with van der Waals surface area (Å²) in [7, 11) is 0. The molecular formula is C36H40F5N3O5. The summed E-state index contributed by atoms with van der Waals surface area (Å²) in [4.78, 5) is 20.4. The number of likely N-dealkylation sites (tertiary alicyclic amines) is 1. The predicted octanol–water partition coefficient (Wildman–Crippen LogP) is 6.90. The lowest BCUT2D eigenvalue weighted by molar-refractivity contribution is -0.149. The van der Waals surface area contributed by atoms with E-state index in [1.807, 2.05) is 29.2 Å². The molecule has 3 aliphatic heterocycles. The van der Waals surface area contributed by atoms with E-state index in [2.05, 4.69) is 0 Å². The van der Waals surface area contributed by atoms with Gasteiger partial charge in [0, 0.05) is 30.3 Å². The largest absolute Gasteiger partial charge is 0.485 e. The summed E-state index contributed by atoms with van der Waals surface area (Å²) in [6.07, 6.45) is -2.01. The van der Waals surface area contributed by atoms with Crippen LogP contribution in [0.1, 0.15) is 49.7 Å². The number of alkyl halides is 3. The zero-order chi connectivity index (χ0) is 34.5. The fraction of sp³-hybridized carbons (Fsp3) is 0.500. The van der Waals surface area contributed by atoms with Crippen LogP contribution in [0.3, 0.4) is 0 Å². The second-order valence-electron chi connectivity index (χ2n) is 12.8. The molecule has 3 fully saturated rings. The van der Waals surface area contributed by atoms with Crippen molar-refractivity contribution in [1.29, 1.82) is 0 Å². The van der Waals surface area contributed by atoms with E-state index in [9.17, 15) is 22.4 Å². The lowest BCUT2D eigenvalue weighted by Crippen LogP contribution is -2.39. The number of nitrogens with zero attached hydrogens (tertiary/aromatic N) is 3. The SMILES string of the molecule is CCOC(=O)C1CCN(c2cccc(-c3cc(F)cc(F)c3OCc3ccc(C4CCN(CC(F)(F)F)CC4)cc3OC3COC3)n2)CC1. The molecule has 1 aromatic heterocycles. The number of esters is 1. The van der Waals surface area contributed by atoms with Crippen molar-refractivity contribution in [3.8, 4) is 22.8 Å². The van der Waals surface area contributed by atoms with Crippen LogP contribution in [0, 0.1) is 17.6 Å². The van der Waals surface area contributed by atoms with Gasteiger partial charge in [0.25, 0.3) is 0 Å². The zero-order valence-electron chi connectivity index (χ0n) is 27.3. The van der Waals surface area contributed by atoms with Crippen LogP contribution in [0.4, 0.5) is 27.8 Å². The van der Waals surface area contributed by atoms with Crippen molar-refractivity contribution < 1.29 is 45.7 Å². The minimum atomic E-state index is -4.23. The van der Waals surface area contributed by atoms with Gasteiger partial charge in [-0.2, -0.15) is 13.2 Å². The van der Waals surface area contributed by atoms with Crippen LogP contribution < -0.4 is 14.4 Å². The minimum absolute atomic E-state index is 0.0647. The first-order valence-corrected chi connectivity index (χ1v) is 16.7. The third-order valence-electron chi connectivity index (χ3n) is 9.28. The molecule has 6 rings (SSSR count). The summed E-state index contributed by atoms with van der Waals surface area (Å²) < 4.78 is 91.4. The fourth-order valence-electron chi connectivity index (χ4n) is 6.59. The van der Waals surface area contributed by atoms with E-state index in [0.29, 0.717) is 94.5 Å². The maximum Gasteiger partial charge on any atom is 0.401 e. The molecule has 0 amide bonds. The summed E-state index contributed by atoms with van der Waals surface area (Å²) in [5.41, 5.74) is 2.06. The van der Waals surface area contributed by atoms with Gasteiger partial charge in [-0.15, -0.1) is 0 Å². The Morgan fingerprint density at radius 2 is 1.73 bits per heavy atom. The first-order chi connectivity index (χ1) is 23.6. The second kappa shape index (κ2) is 15.3. The first kappa shape index (κ1) is 34.9. The van der Waals surface area contributed by atoms with Gasteiger partial charge in [-0.1, -0.05) is 18.2 Å². The molecular weight excluding hydrogens is 649 g/mol. The van der Waals surface area contributed by atoms with E-state index >= 15 is 4.39 Å².